The summed E-state index contributed by atoms with van der Waals surface area (Å²) in [6.45, 7) is 5.07. The van der Waals surface area contributed by atoms with Crippen molar-refractivity contribution in [2.24, 2.45) is 5.92 Å². The second-order valence-corrected chi connectivity index (χ2v) is 5.56. The fourth-order valence-corrected chi connectivity index (χ4v) is 2.20. The maximum absolute atomic E-state index is 12.9. The number of benzene rings is 1. The molecule has 1 aliphatic heterocycles. The maximum Gasteiger partial charge on any atom is 0.315 e. The minimum absolute atomic E-state index is 0.165. The van der Waals surface area contributed by atoms with Gasteiger partial charge in [0.15, 0.2) is 0 Å². The molecule has 21 heavy (non-hydrogen) atoms. The molecule has 0 aromatic heterocycles. The molecule has 0 saturated carbocycles. The van der Waals surface area contributed by atoms with E-state index in [9.17, 15) is 14.0 Å². The van der Waals surface area contributed by atoms with Crippen LogP contribution in [0.25, 0.3) is 0 Å². The lowest BCUT2D eigenvalue weighted by molar-refractivity contribution is -0.118. The van der Waals surface area contributed by atoms with Crippen LogP contribution in [0.2, 0.25) is 0 Å². The Bertz CT molecular complexity index is 516. The van der Waals surface area contributed by atoms with Gasteiger partial charge in [-0.1, -0.05) is 13.8 Å². The first-order valence-electron chi connectivity index (χ1n) is 7.08. The number of urea groups is 1. The van der Waals surface area contributed by atoms with Gasteiger partial charge in [-0.05, 0) is 36.6 Å². The lowest BCUT2D eigenvalue weighted by Crippen LogP contribution is -2.46. The first-order chi connectivity index (χ1) is 9.97. The smallest absolute Gasteiger partial charge is 0.315 e. The predicted molar refractivity (Wildman–Crippen MR) is 78.5 cm³/mol. The first kappa shape index (κ1) is 15.3. The van der Waals surface area contributed by atoms with E-state index in [4.69, 9.17) is 0 Å². The number of hydrogen-bond donors (Lipinski definition) is 2. The zero-order valence-electron chi connectivity index (χ0n) is 12.2. The molecular weight excluding hydrogens is 273 g/mol. The van der Waals surface area contributed by atoms with Crippen LogP contribution in [0, 0.1) is 11.7 Å². The molecule has 1 aromatic carbocycles. The normalized spacial score (nSPS) is 18.2. The van der Waals surface area contributed by atoms with Crippen LogP contribution in [0.3, 0.4) is 0 Å². The van der Waals surface area contributed by atoms with E-state index < -0.39 is 6.04 Å². The van der Waals surface area contributed by atoms with E-state index in [0.29, 0.717) is 31.1 Å². The van der Waals surface area contributed by atoms with Gasteiger partial charge < -0.3 is 15.5 Å². The summed E-state index contributed by atoms with van der Waals surface area (Å²) in [6.07, 6.45) is 0.547. The summed E-state index contributed by atoms with van der Waals surface area (Å²) >= 11 is 0. The summed E-state index contributed by atoms with van der Waals surface area (Å²) in [5, 5.41) is 5.40. The molecule has 0 bridgehead atoms. The van der Waals surface area contributed by atoms with Gasteiger partial charge in [-0.3, -0.25) is 4.79 Å². The Morgan fingerprint density at radius 3 is 2.67 bits per heavy atom. The molecule has 2 rings (SSSR count). The fraction of sp³-hybridized carbons (Fsp3) is 0.467. The van der Waals surface area contributed by atoms with Gasteiger partial charge in [0, 0.05) is 18.8 Å². The molecule has 1 atom stereocenters. The van der Waals surface area contributed by atoms with E-state index in [1.54, 1.807) is 17.0 Å². The van der Waals surface area contributed by atoms with Crippen LogP contribution >= 0.6 is 0 Å². The number of nitrogens with one attached hydrogen (secondary N) is 2. The lowest BCUT2D eigenvalue weighted by Gasteiger charge is -2.17. The number of halogens is 1. The molecule has 0 spiro atoms. The summed E-state index contributed by atoms with van der Waals surface area (Å²) < 4.78 is 12.9. The highest BCUT2D eigenvalue weighted by Gasteiger charge is 2.33. The van der Waals surface area contributed by atoms with E-state index in [1.807, 2.05) is 13.8 Å². The number of anilines is 1. The zero-order chi connectivity index (χ0) is 15.4. The number of nitrogens with zero attached hydrogens (tertiary/aromatic N) is 1. The molecule has 2 N–H and O–H groups in total. The standard InChI is InChI=1S/C15H20FN3O2/c1-10(2)9-17-15(21)18-13-7-8-19(14(13)20)12-5-3-11(16)4-6-12/h3-6,10,13H,7-9H2,1-2H3,(H2,17,18,21). The number of carbonyl (C=O) groups excluding carboxylic acids is 2. The summed E-state index contributed by atoms with van der Waals surface area (Å²) in [7, 11) is 0. The molecule has 114 valence electrons. The molecule has 0 radical (unpaired) electrons. The Kier molecular flexibility index (Phi) is 4.77. The van der Waals surface area contributed by atoms with Gasteiger partial charge >= 0.3 is 6.03 Å². The first-order valence-corrected chi connectivity index (χ1v) is 7.08. The molecule has 1 saturated heterocycles. The topological polar surface area (TPSA) is 61.4 Å². The van der Waals surface area contributed by atoms with Crippen molar-refractivity contribution in [1.29, 1.82) is 0 Å². The van der Waals surface area contributed by atoms with Crippen molar-refractivity contribution in [3.05, 3.63) is 30.1 Å². The Hall–Kier alpha value is -2.11. The van der Waals surface area contributed by atoms with Crippen LogP contribution < -0.4 is 15.5 Å². The van der Waals surface area contributed by atoms with E-state index in [0.717, 1.165) is 0 Å². The second kappa shape index (κ2) is 6.56. The Morgan fingerprint density at radius 1 is 1.38 bits per heavy atom. The van der Waals surface area contributed by atoms with Crippen molar-refractivity contribution in [1.82, 2.24) is 10.6 Å². The van der Waals surface area contributed by atoms with Gasteiger partial charge in [0.25, 0.3) is 0 Å². The number of hydrogen-bond acceptors (Lipinski definition) is 2. The number of amides is 3. The second-order valence-electron chi connectivity index (χ2n) is 5.56. The molecule has 1 heterocycles. The highest BCUT2D eigenvalue weighted by atomic mass is 19.1. The number of carbonyl (C=O) groups is 2. The van der Waals surface area contributed by atoms with Gasteiger partial charge in [-0.15, -0.1) is 0 Å². The Labute approximate surface area is 123 Å². The average molecular weight is 293 g/mol. The Morgan fingerprint density at radius 2 is 2.05 bits per heavy atom. The summed E-state index contributed by atoms with van der Waals surface area (Å²) in [4.78, 5) is 25.5. The van der Waals surface area contributed by atoms with E-state index >= 15 is 0 Å². The van der Waals surface area contributed by atoms with Crippen molar-refractivity contribution in [2.75, 3.05) is 18.0 Å². The zero-order valence-corrected chi connectivity index (χ0v) is 12.2. The molecule has 5 nitrogen and oxygen atoms in total. The maximum atomic E-state index is 12.9. The third-order valence-corrected chi connectivity index (χ3v) is 3.32. The van der Waals surface area contributed by atoms with Crippen LogP contribution in [-0.2, 0) is 4.79 Å². The highest BCUT2D eigenvalue weighted by molar-refractivity contribution is 6.01. The largest absolute Gasteiger partial charge is 0.338 e. The van der Waals surface area contributed by atoms with Crippen LogP contribution in [0.1, 0.15) is 20.3 Å². The molecule has 3 amide bonds. The average Bonchev–Trinajstić information content (AvgIpc) is 2.79. The minimum Gasteiger partial charge on any atom is -0.338 e. The molecule has 1 aliphatic rings. The van der Waals surface area contributed by atoms with Gasteiger partial charge in [0.05, 0.1) is 0 Å². The molecule has 1 aromatic rings. The third-order valence-electron chi connectivity index (χ3n) is 3.32. The van der Waals surface area contributed by atoms with Crippen LogP contribution in [0.15, 0.2) is 24.3 Å². The number of rotatable bonds is 4. The summed E-state index contributed by atoms with van der Waals surface area (Å²) in [5.74, 6) is -0.153. The van der Waals surface area contributed by atoms with Crippen molar-refractivity contribution in [3.63, 3.8) is 0 Å². The molecule has 6 heteroatoms. The predicted octanol–water partition coefficient (Wildman–Crippen LogP) is 1.89. The Balaban J connectivity index is 1.92. The molecular formula is C15H20FN3O2. The van der Waals surface area contributed by atoms with Crippen molar-refractivity contribution in [3.8, 4) is 0 Å². The molecule has 1 fully saturated rings. The minimum atomic E-state index is -0.526. The van der Waals surface area contributed by atoms with Gasteiger partial charge in [-0.2, -0.15) is 0 Å². The van der Waals surface area contributed by atoms with Crippen LogP contribution in [0.5, 0.6) is 0 Å². The SMILES string of the molecule is CC(C)CNC(=O)NC1CCN(c2ccc(F)cc2)C1=O. The van der Waals surface area contributed by atoms with Crippen LogP contribution in [0.4, 0.5) is 14.9 Å². The third kappa shape index (κ3) is 3.93. The molecule has 0 aliphatic carbocycles. The van der Waals surface area contributed by atoms with Crippen molar-refractivity contribution in [2.45, 2.75) is 26.3 Å². The summed E-state index contributed by atoms with van der Waals surface area (Å²) in [5.41, 5.74) is 0.647. The van der Waals surface area contributed by atoms with Gasteiger partial charge in [0.1, 0.15) is 11.9 Å². The van der Waals surface area contributed by atoms with E-state index in [-0.39, 0.29) is 17.8 Å². The van der Waals surface area contributed by atoms with E-state index in [2.05, 4.69) is 10.6 Å². The van der Waals surface area contributed by atoms with Crippen molar-refractivity contribution >= 4 is 17.6 Å². The van der Waals surface area contributed by atoms with Gasteiger partial charge in [0.2, 0.25) is 5.91 Å². The quantitative estimate of drug-likeness (QED) is 0.890. The van der Waals surface area contributed by atoms with Crippen LogP contribution in [-0.4, -0.2) is 31.1 Å². The molecule has 1 unspecified atom stereocenters. The van der Waals surface area contributed by atoms with Crippen molar-refractivity contribution < 1.29 is 14.0 Å². The summed E-state index contributed by atoms with van der Waals surface area (Å²) in [6, 6.07) is 4.91. The van der Waals surface area contributed by atoms with Gasteiger partial charge in [-0.25, -0.2) is 9.18 Å². The van der Waals surface area contributed by atoms with E-state index in [1.165, 1.54) is 12.1 Å². The highest BCUT2D eigenvalue weighted by Crippen LogP contribution is 2.21. The fourth-order valence-electron chi connectivity index (χ4n) is 2.20. The lowest BCUT2D eigenvalue weighted by atomic mass is 10.2. The monoisotopic (exact) mass is 293 g/mol.